The second-order valence-electron chi connectivity index (χ2n) is 4.52. The SMILES string of the molecule is N#Cc1c(Cl)nsc1N(CCC(F)(F)F)CC1CC1. The molecule has 1 aromatic rings. The molecule has 0 amide bonds. The number of nitrogens with zero attached hydrogens (tertiary/aromatic N) is 3. The Hall–Kier alpha value is -1.00. The molecular weight excluding hydrogens is 299 g/mol. The van der Waals surface area contributed by atoms with Crippen LogP contribution in [-0.2, 0) is 0 Å². The Bertz CT molecular complexity index is 490. The molecule has 1 aliphatic carbocycles. The lowest BCUT2D eigenvalue weighted by molar-refractivity contribution is -0.132. The zero-order chi connectivity index (χ0) is 14.0. The fraction of sp³-hybridized carbons (Fsp3) is 0.636. The molecule has 19 heavy (non-hydrogen) atoms. The number of nitriles is 1. The molecule has 104 valence electrons. The molecule has 0 N–H and O–H groups in total. The Morgan fingerprint density at radius 1 is 1.47 bits per heavy atom. The minimum Gasteiger partial charge on any atom is -0.360 e. The summed E-state index contributed by atoms with van der Waals surface area (Å²) in [6.45, 7) is 0.372. The largest absolute Gasteiger partial charge is 0.390 e. The van der Waals surface area contributed by atoms with Gasteiger partial charge in [-0.1, -0.05) is 11.6 Å². The van der Waals surface area contributed by atoms with Gasteiger partial charge in [0.25, 0.3) is 0 Å². The third-order valence-corrected chi connectivity index (χ3v) is 4.15. The molecule has 8 heteroatoms. The summed E-state index contributed by atoms with van der Waals surface area (Å²) in [5.41, 5.74) is 0.175. The molecule has 1 aliphatic rings. The van der Waals surface area contributed by atoms with Crippen molar-refractivity contribution in [1.29, 1.82) is 5.26 Å². The van der Waals surface area contributed by atoms with Crippen LogP contribution in [0.15, 0.2) is 0 Å². The maximum absolute atomic E-state index is 12.3. The molecular formula is C11H11ClF3N3S. The maximum Gasteiger partial charge on any atom is 0.390 e. The molecule has 0 atom stereocenters. The van der Waals surface area contributed by atoms with Gasteiger partial charge in [0, 0.05) is 13.1 Å². The predicted molar refractivity (Wildman–Crippen MR) is 67.4 cm³/mol. The van der Waals surface area contributed by atoms with Gasteiger partial charge in [0.05, 0.1) is 6.42 Å². The molecule has 1 aromatic heterocycles. The summed E-state index contributed by atoms with van der Waals surface area (Å²) in [6.07, 6.45) is -3.06. The molecule has 0 bridgehead atoms. The van der Waals surface area contributed by atoms with E-state index in [1.54, 1.807) is 4.90 Å². The number of rotatable bonds is 5. The van der Waals surface area contributed by atoms with Crippen LogP contribution in [0.3, 0.4) is 0 Å². The van der Waals surface area contributed by atoms with E-state index in [0.717, 1.165) is 24.4 Å². The first-order chi connectivity index (χ1) is 8.90. The predicted octanol–water partition coefficient (Wildman–Crippen LogP) is 3.84. The average Bonchev–Trinajstić information content (AvgIpc) is 3.06. The van der Waals surface area contributed by atoms with Gasteiger partial charge >= 0.3 is 6.18 Å². The Morgan fingerprint density at radius 3 is 2.68 bits per heavy atom. The van der Waals surface area contributed by atoms with Gasteiger partial charge in [-0.3, -0.25) is 0 Å². The first kappa shape index (κ1) is 14.4. The van der Waals surface area contributed by atoms with Crippen LogP contribution >= 0.6 is 23.1 Å². The van der Waals surface area contributed by atoms with Gasteiger partial charge < -0.3 is 4.90 Å². The smallest absolute Gasteiger partial charge is 0.360 e. The van der Waals surface area contributed by atoms with Crippen molar-refractivity contribution in [3.63, 3.8) is 0 Å². The van der Waals surface area contributed by atoms with E-state index in [2.05, 4.69) is 4.37 Å². The summed E-state index contributed by atoms with van der Waals surface area (Å²) in [7, 11) is 0. The summed E-state index contributed by atoms with van der Waals surface area (Å²) in [4.78, 5) is 1.59. The first-order valence-corrected chi connectivity index (χ1v) is 6.93. The van der Waals surface area contributed by atoms with E-state index in [4.69, 9.17) is 16.9 Å². The van der Waals surface area contributed by atoms with Crippen LogP contribution in [0.4, 0.5) is 18.2 Å². The van der Waals surface area contributed by atoms with Crippen molar-refractivity contribution in [1.82, 2.24) is 4.37 Å². The second-order valence-corrected chi connectivity index (χ2v) is 5.63. The minimum atomic E-state index is -4.21. The first-order valence-electron chi connectivity index (χ1n) is 5.77. The van der Waals surface area contributed by atoms with Crippen molar-refractivity contribution in [2.75, 3.05) is 18.0 Å². The summed E-state index contributed by atoms with van der Waals surface area (Å²) >= 11 is 6.74. The zero-order valence-corrected chi connectivity index (χ0v) is 11.4. The molecule has 0 aromatic carbocycles. The summed E-state index contributed by atoms with van der Waals surface area (Å²) in [5.74, 6) is 0.417. The molecule has 0 unspecified atom stereocenters. The van der Waals surface area contributed by atoms with Gasteiger partial charge in [-0.25, -0.2) is 0 Å². The van der Waals surface area contributed by atoms with Crippen LogP contribution in [0.2, 0.25) is 5.15 Å². The maximum atomic E-state index is 12.3. The van der Waals surface area contributed by atoms with E-state index in [0.29, 0.717) is 17.5 Å². The standard InChI is InChI=1S/C11H11ClF3N3S/c12-9-8(5-16)10(19-17-9)18(6-7-1-2-7)4-3-11(13,14)15/h7H,1-4,6H2. The third-order valence-electron chi connectivity index (χ3n) is 2.87. The zero-order valence-electron chi connectivity index (χ0n) is 9.87. The van der Waals surface area contributed by atoms with Crippen LogP contribution in [0, 0.1) is 17.2 Å². The van der Waals surface area contributed by atoms with Gasteiger partial charge in [-0.2, -0.15) is 22.8 Å². The van der Waals surface area contributed by atoms with E-state index in [-0.39, 0.29) is 17.3 Å². The highest BCUT2D eigenvalue weighted by atomic mass is 35.5. The van der Waals surface area contributed by atoms with Crippen LogP contribution in [0.25, 0.3) is 0 Å². The molecule has 0 saturated heterocycles. The fourth-order valence-electron chi connectivity index (χ4n) is 1.72. The quantitative estimate of drug-likeness (QED) is 0.829. The van der Waals surface area contributed by atoms with Crippen LogP contribution in [-0.4, -0.2) is 23.6 Å². The van der Waals surface area contributed by atoms with E-state index < -0.39 is 12.6 Å². The summed E-state index contributed by atoms with van der Waals surface area (Å²) in [6, 6.07) is 1.91. The molecule has 2 rings (SSSR count). The lowest BCUT2D eigenvalue weighted by Crippen LogP contribution is -2.30. The molecule has 1 heterocycles. The number of aromatic nitrogens is 1. The number of hydrogen-bond donors (Lipinski definition) is 0. The molecule has 0 aliphatic heterocycles. The third kappa shape index (κ3) is 3.98. The molecule has 3 nitrogen and oxygen atoms in total. The Kier molecular flexibility index (Phi) is 4.21. The van der Waals surface area contributed by atoms with Crippen molar-refractivity contribution in [3.8, 4) is 6.07 Å². The summed E-state index contributed by atoms with van der Waals surface area (Å²) < 4.78 is 40.9. The van der Waals surface area contributed by atoms with Gasteiger partial charge in [0.15, 0.2) is 5.15 Å². The van der Waals surface area contributed by atoms with Crippen molar-refractivity contribution < 1.29 is 13.2 Å². The Labute approximate surface area is 117 Å². The lowest BCUT2D eigenvalue weighted by Gasteiger charge is -2.23. The number of anilines is 1. The topological polar surface area (TPSA) is 39.9 Å². The molecule has 0 radical (unpaired) electrons. The Balaban J connectivity index is 2.14. The van der Waals surface area contributed by atoms with Crippen LogP contribution in [0.1, 0.15) is 24.8 Å². The number of alkyl halides is 3. The van der Waals surface area contributed by atoms with Crippen molar-refractivity contribution in [2.45, 2.75) is 25.4 Å². The number of hydrogen-bond acceptors (Lipinski definition) is 4. The highest BCUT2D eigenvalue weighted by Gasteiger charge is 2.32. The van der Waals surface area contributed by atoms with E-state index >= 15 is 0 Å². The van der Waals surface area contributed by atoms with Gasteiger partial charge in [0.2, 0.25) is 0 Å². The molecule has 0 spiro atoms. The van der Waals surface area contributed by atoms with E-state index in [9.17, 15) is 13.2 Å². The highest BCUT2D eigenvalue weighted by molar-refractivity contribution is 7.10. The van der Waals surface area contributed by atoms with E-state index in [1.807, 2.05) is 6.07 Å². The average molecular weight is 310 g/mol. The second kappa shape index (κ2) is 5.55. The lowest BCUT2D eigenvalue weighted by atomic mass is 10.3. The molecule has 1 fully saturated rings. The number of halogens is 4. The monoisotopic (exact) mass is 309 g/mol. The fourth-order valence-corrected chi connectivity index (χ4v) is 2.79. The normalized spacial score (nSPS) is 15.3. The van der Waals surface area contributed by atoms with Crippen LogP contribution < -0.4 is 4.90 Å². The Morgan fingerprint density at radius 2 is 2.16 bits per heavy atom. The van der Waals surface area contributed by atoms with Crippen molar-refractivity contribution >= 4 is 28.1 Å². The van der Waals surface area contributed by atoms with Crippen molar-refractivity contribution in [2.24, 2.45) is 5.92 Å². The van der Waals surface area contributed by atoms with Crippen molar-refractivity contribution in [3.05, 3.63) is 10.7 Å². The van der Waals surface area contributed by atoms with Gasteiger partial charge in [0.1, 0.15) is 16.6 Å². The van der Waals surface area contributed by atoms with E-state index in [1.165, 1.54) is 0 Å². The van der Waals surface area contributed by atoms with Crippen LogP contribution in [0.5, 0.6) is 0 Å². The van der Waals surface area contributed by atoms with Gasteiger partial charge in [-0.15, -0.1) is 0 Å². The summed E-state index contributed by atoms with van der Waals surface area (Å²) in [5, 5.41) is 9.51. The minimum absolute atomic E-state index is 0.0651. The molecule has 1 saturated carbocycles. The van der Waals surface area contributed by atoms with Gasteiger partial charge in [-0.05, 0) is 30.3 Å². The highest BCUT2D eigenvalue weighted by Crippen LogP contribution is 2.37.